The normalized spacial score (nSPS) is 11.9. The summed E-state index contributed by atoms with van der Waals surface area (Å²) < 4.78 is 7.33. The number of anilines is 1. The Morgan fingerprint density at radius 2 is 1.88 bits per heavy atom. The van der Waals surface area contributed by atoms with Crippen LogP contribution in [0.1, 0.15) is 18.6 Å². The lowest BCUT2D eigenvalue weighted by molar-refractivity contribution is -0.126. The molecule has 0 saturated heterocycles. The van der Waals surface area contributed by atoms with E-state index < -0.39 is 6.10 Å². The summed E-state index contributed by atoms with van der Waals surface area (Å²) in [6.07, 6.45) is 0.994. The SMILES string of the molecule is CCn1cnnc1-c1ccccc1NC(=O)[C@H](OC)c1ccccc1. The summed E-state index contributed by atoms with van der Waals surface area (Å²) in [5, 5.41) is 11.1. The number of rotatable bonds is 6. The van der Waals surface area contributed by atoms with Crippen LogP contribution in [0.3, 0.4) is 0 Å². The smallest absolute Gasteiger partial charge is 0.258 e. The van der Waals surface area contributed by atoms with Crippen molar-refractivity contribution in [3.63, 3.8) is 0 Å². The second-order valence-electron chi connectivity index (χ2n) is 5.50. The van der Waals surface area contributed by atoms with Crippen LogP contribution in [0.2, 0.25) is 0 Å². The van der Waals surface area contributed by atoms with E-state index in [1.54, 1.807) is 6.33 Å². The van der Waals surface area contributed by atoms with Crippen LogP contribution in [0.4, 0.5) is 5.69 Å². The number of nitrogens with one attached hydrogen (secondary N) is 1. The van der Waals surface area contributed by atoms with Gasteiger partial charge in [-0.3, -0.25) is 4.79 Å². The number of nitrogens with zero attached hydrogens (tertiary/aromatic N) is 3. The molecule has 2 aromatic carbocycles. The fourth-order valence-corrected chi connectivity index (χ4v) is 2.70. The number of hydrogen-bond acceptors (Lipinski definition) is 4. The maximum Gasteiger partial charge on any atom is 0.258 e. The first-order valence-electron chi connectivity index (χ1n) is 8.10. The van der Waals surface area contributed by atoms with E-state index in [1.165, 1.54) is 7.11 Å². The van der Waals surface area contributed by atoms with Gasteiger partial charge in [0.05, 0.1) is 5.69 Å². The van der Waals surface area contributed by atoms with Gasteiger partial charge < -0.3 is 14.6 Å². The van der Waals surface area contributed by atoms with Gasteiger partial charge in [-0.1, -0.05) is 42.5 Å². The minimum Gasteiger partial charge on any atom is -0.367 e. The highest BCUT2D eigenvalue weighted by Gasteiger charge is 2.21. The van der Waals surface area contributed by atoms with Gasteiger partial charge in [-0.25, -0.2) is 0 Å². The van der Waals surface area contributed by atoms with Crippen LogP contribution in [-0.4, -0.2) is 27.8 Å². The van der Waals surface area contributed by atoms with Crippen LogP contribution in [0.5, 0.6) is 0 Å². The van der Waals surface area contributed by atoms with Crippen LogP contribution in [0.25, 0.3) is 11.4 Å². The standard InChI is InChI=1S/C19H20N4O2/c1-3-23-13-20-22-18(23)15-11-7-8-12-16(15)21-19(24)17(25-2)14-9-5-4-6-10-14/h4-13,17H,3H2,1-2H3,(H,21,24)/t17-/m1/s1. The summed E-state index contributed by atoms with van der Waals surface area (Å²) in [4.78, 5) is 12.7. The predicted molar refractivity (Wildman–Crippen MR) is 96.0 cm³/mol. The van der Waals surface area contributed by atoms with Gasteiger partial charge in [0.1, 0.15) is 6.33 Å². The fraction of sp³-hybridized carbons (Fsp3) is 0.211. The van der Waals surface area contributed by atoms with E-state index >= 15 is 0 Å². The van der Waals surface area contributed by atoms with Crippen LogP contribution in [0.15, 0.2) is 60.9 Å². The molecule has 3 rings (SSSR count). The summed E-state index contributed by atoms with van der Waals surface area (Å²) >= 11 is 0. The number of methoxy groups -OCH3 is 1. The number of hydrogen-bond donors (Lipinski definition) is 1. The molecule has 1 heterocycles. The number of aryl methyl sites for hydroxylation is 1. The summed E-state index contributed by atoms with van der Waals surface area (Å²) in [5.41, 5.74) is 2.29. The molecule has 0 aliphatic rings. The first-order chi connectivity index (χ1) is 12.2. The number of benzene rings is 2. The molecular weight excluding hydrogens is 316 g/mol. The first-order valence-corrected chi connectivity index (χ1v) is 8.10. The molecule has 6 heteroatoms. The summed E-state index contributed by atoms with van der Waals surface area (Å²) in [6.45, 7) is 2.76. The van der Waals surface area contributed by atoms with Gasteiger partial charge >= 0.3 is 0 Å². The second-order valence-corrected chi connectivity index (χ2v) is 5.50. The molecule has 25 heavy (non-hydrogen) atoms. The Labute approximate surface area is 146 Å². The van der Waals surface area contributed by atoms with E-state index in [0.717, 1.165) is 17.7 Å². The number of carbonyl (C=O) groups is 1. The van der Waals surface area contributed by atoms with Gasteiger partial charge in [-0.15, -0.1) is 10.2 Å². The molecule has 0 aliphatic carbocycles. The van der Waals surface area contributed by atoms with Crippen molar-refractivity contribution in [1.82, 2.24) is 14.8 Å². The quantitative estimate of drug-likeness (QED) is 0.750. The molecular formula is C19H20N4O2. The third-order valence-corrected chi connectivity index (χ3v) is 3.96. The largest absolute Gasteiger partial charge is 0.367 e. The predicted octanol–water partition coefficient (Wildman–Crippen LogP) is 3.29. The molecule has 1 aromatic heterocycles. The molecule has 0 saturated carbocycles. The number of carbonyl (C=O) groups excluding carboxylic acids is 1. The molecule has 0 aliphatic heterocycles. The summed E-state index contributed by atoms with van der Waals surface area (Å²) in [5.74, 6) is 0.482. The molecule has 1 N–H and O–H groups in total. The molecule has 128 valence electrons. The Hall–Kier alpha value is -2.99. The molecule has 0 unspecified atom stereocenters. The van der Waals surface area contributed by atoms with E-state index in [1.807, 2.05) is 66.1 Å². The molecule has 0 fully saturated rings. The molecule has 0 radical (unpaired) electrons. The molecule has 6 nitrogen and oxygen atoms in total. The van der Waals surface area contributed by atoms with Crippen molar-refractivity contribution in [2.45, 2.75) is 19.6 Å². The van der Waals surface area contributed by atoms with Crippen LogP contribution < -0.4 is 5.32 Å². The second kappa shape index (κ2) is 7.72. The van der Waals surface area contributed by atoms with E-state index in [2.05, 4.69) is 15.5 Å². The third kappa shape index (κ3) is 3.59. The number of para-hydroxylation sites is 1. The van der Waals surface area contributed by atoms with E-state index in [0.29, 0.717) is 11.5 Å². The van der Waals surface area contributed by atoms with Crippen molar-refractivity contribution < 1.29 is 9.53 Å². The Morgan fingerprint density at radius 3 is 2.60 bits per heavy atom. The van der Waals surface area contributed by atoms with Crippen molar-refractivity contribution in [2.75, 3.05) is 12.4 Å². The topological polar surface area (TPSA) is 69.0 Å². The van der Waals surface area contributed by atoms with Gasteiger partial charge in [-0.2, -0.15) is 0 Å². The van der Waals surface area contributed by atoms with Crippen molar-refractivity contribution in [3.05, 3.63) is 66.5 Å². The molecule has 1 atom stereocenters. The minimum absolute atomic E-state index is 0.233. The van der Waals surface area contributed by atoms with Crippen molar-refractivity contribution >= 4 is 11.6 Å². The fourth-order valence-electron chi connectivity index (χ4n) is 2.70. The Bertz CT molecular complexity index is 845. The third-order valence-electron chi connectivity index (χ3n) is 3.96. The number of amides is 1. The van der Waals surface area contributed by atoms with E-state index in [9.17, 15) is 4.79 Å². The number of ether oxygens (including phenoxy) is 1. The van der Waals surface area contributed by atoms with Crippen LogP contribution >= 0.6 is 0 Å². The van der Waals surface area contributed by atoms with Crippen molar-refractivity contribution in [2.24, 2.45) is 0 Å². The molecule has 3 aromatic rings. The van der Waals surface area contributed by atoms with Crippen LogP contribution in [-0.2, 0) is 16.1 Å². The molecule has 0 spiro atoms. The highest BCUT2D eigenvalue weighted by molar-refractivity contribution is 5.98. The zero-order valence-electron chi connectivity index (χ0n) is 14.2. The van der Waals surface area contributed by atoms with E-state index in [-0.39, 0.29) is 5.91 Å². The molecule has 0 bridgehead atoms. The average molecular weight is 336 g/mol. The highest BCUT2D eigenvalue weighted by atomic mass is 16.5. The average Bonchev–Trinajstić information content (AvgIpc) is 3.12. The van der Waals surface area contributed by atoms with E-state index in [4.69, 9.17) is 4.74 Å². The van der Waals surface area contributed by atoms with Gasteiger partial charge in [0.2, 0.25) is 0 Å². The zero-order chi connectivity index (χ0) is 17.6. The van der Waals surface area contributed by atoms with Crippen LogP contribution in [0, 0.1) is 0 Å². The Morgan fingerprint density at radius 1 is 1.16 bits per heavy atom. The maximum atomic E-state index is 12.7. The maximum absolute atomic E-state index is 12.7. The lowest BCUT2D eigenvalue weighted by atomic mass is 10.1. The van der Waals surface area contributed by atoms with Crippen molar-refractivity contribution in [1.29, 1.82) is 0 Å². The lowest BCUT2D eigenvalue weighted by Gasteiger charge is -2.17. The van der Waals surface area contributed by atoms with Gasteiger partial charge in [0, 0.05) is 19.2 Å². The summed E-state index contributed by atoms with van der Waals surface area (Å²) in [7, 11) is 1.52. The molecule has 1 amide bonds. The minimum atomic E-state index is -0.682. The van der Waals surface area contributed by atoms with Crippen molar-refractivity contribution in [3.8, 4) is 11.4 Å². The van der Waals surface area contributed by atoms with Gasteiger partial charge in [0.15, 0.2) is 11.9 Å². The number of aromatic nitrogens is 3. The highest BCUT2D eigenvalue weighted by Crippen LogP contribution is 2.27. The summed E-state index contributed by atoms with van der Waals surface area (Å²) in [6, 6.07) is 16.9. The Kier molecular flexibility index (Phi) is 5.20. The first kappa shape index (κ1) is 16.9. The zero-order valence-corrected chi connectivity index (χ0v) is 14.2. The lowest BCUT2D eigenvalue weighted by Crippen LogP contribution is -2.23. The Balaban J connectivity index is 1.89. The van der Waals surface area contributed by atoms with Gasteiger partial charge in [0.25, 0.3) is 5.91 Å². The van der Waals surface area contributed by atoms with Gasteiger partial charge in [-0.05, 0) is 24.6 Å². The monoisotopic (exact) mass is 336 g/mol.